The first kappa shape index (κ1) is 17.2. The average Bonchev–Trinajstić information content (AvgIpc) is 2.34. The number of carbonyl (C=O) groups is 1. The lowest BCUT2D eigenvalue weighted by Crippen LogP contribution is -2.25. The van der Waals surface area contributed by atoms with Crippen molar-refractivity contribution < 1.29 is 14.8 Å². The van der Waals surface area contributed by atoms with Gasteiger partial charge in [0.15, 0.2) is 0 Å². The maximum absolute atomic E-state index is 11.3. The van der Waals surface area contributed by atoms with Crippen LogP contribution in [0, 0.1) is 21.4 Å². The quantitative estimate of drug-likeness (QED) is 0.632. The zero-order chi connectivity index (χ0) is 16.4. The Morgan fingerprint density at radius 1 is 1.48 bits per heavy atom. The summed E-state index contributed by atoms with van der Waals surface area (Å²) in [5.41, 5.74) is -0.281. The lowest BCUT2D eigenvalue weighted by molar-refractivity contribution is -0.384. The molecule has 0 aliphatic carbocycles. The van der Waals surface area contributed by atoms with E-state index in [-0.39, 0.29) is 33.3 Å². The Hall–Kier alpha value is -1.82. The summed E-state index contributed by atoms with van der Waals surface area (Å²) in [6.45, 7) is 8.78. The van der Waals surface area contributed by atoms with E-state index in [0.29, 0.717) is 6.54 Å². The number of hydrogen-bond donors (Lipinski definition) is 2. The number of non-ortho nitro benzene ring substituents is 1. The van der Waals surface area contributed by atoms with Crippen molar-refractivity contribution in [3.8, 4) is 0 Å². The van der Waals surface area contributed by atoms with Gasteiger partial charge in [-0.15, -0.1) is 0 Å². The van der Waals surface area contributed by atoms with Crippen molar-refractivity contribution >= 4 is 28.9 Å². The van der Waals surface area contributed by atoms with Gasteiger partial charge in [0.2, 0.25) is 0 Å². The second-order valence-corrected chi connectivity index (χ2v) is 6.47. The molecule has 0 bridgehead atoms. The summed E-state index contributed by atoms with van der Waals surface area (Å²) in [5, 5.41) is 23.0. The molecule has 1 aromatic rings. The Morgan fingerprint density at radius 2 is 2.05 bits per heavy atom. The fraction of sp³-hybridized carbons (Fsp3) is 0.500. The second kappa shape index (κ2) is 6.30. The zero-order valence-corrected chi connectivity index (χ0v) is 13.2. The van der Waals surface area contributed by atoms with Gasteiger partial charge in [-0.2, -0.15) is 0 Å². The van der Waals surface area contributed by atoms with E-state index in [2.05, 4.69) is 26.1 Å². The van der Waals surface area contributed by atoms with E-state index in [0.717, 1.165) is 12.1 Å². The number of carboxylic acids is 1. The third-order valence-corrected chi connectivity index (χ3v) is 3.88. The summed E-state index contributed by atoms with van der Waals surface area (Å²) in [4.78, 5) is 21.4. The van der Waals surface area contributed by atoms with Gasteiger partial charge in [-0.3, -0.25) is 10.1 Å². The summed E-state index contributed by atoms with van der Waals surface area (Å²) in [7, 11) is 0. The van der Waals surface area contributed by atoms with Gasteiger partial charge in [-0.25, -0.2) is 4.79 Å². The highest BCUT2D eigenvalue weighted by molar-refractivity contribution is 6.34. The zero-order valence-electron chi connectivity index (χ0n) is 12.4. The highest BCUT2D eigenvalue weighted by atomic mass is 35.5. The summed E-state index contributed by atoms with van der Waals surface area (Å²) < 4.78 is 0. The largest absolute Gasteiger partial charge is 0.478 e. The molecule has 6 nitrogen and oxygen atoms in total. The number of halogens is 1. The average molecular weight is 315 g/mol. The van der Waals surface area contributed by atoms with Crippen LogP contribution in [0.1, 0.15) is 38.1 Å². The molecule has 1 rings (SSSR count). The number of aromatic carboxylic acids is 1. The number of rotatable bonds is 5. The van der Waals surface area contributed by atoms with Crippen LogP contribution in [0.15, 0.2) is 12.1 Å². The maximum atomic E-state index is 11.3. The number of anilines is 1. The van der Waals surface area contributed by atoms with Gasteiger partial charge in [0, 0.05) is 18.7 Å². The molecule has 0 saturated heterocycles. The van der Waals surface area contributed by atoms with Crippen molar-refractivity contribution in [1.29, 1.82) is 0 Å². The van der Waals surface area contributed by atoms with Crippen LogP contribution in [-0.2, 0) is 0 Å². The molecule has 7 heteroatoms. The molecule has 0 aromatic heterocycles. The van der Waals surface area contributed by atoms with Gasteiger partial charge in [0.25, 0.3) is 5.69 Å². The minimum absolute atomic E-state index is 0.0303. The monoisotopic (exact) mass is 314 g/mol. The number of nitro groups is 1. The molecule has 1 atom stereocenters. The SMILES string of the molecule is CC(CNc1c(Cl)cc([N+](=O)[O-])cc1C(=O)O)C(C)(C)C. The molecule has 0 aliphatic heterocycles. The van der Waals surface area contributed by atoms with E-state index in [9.17, 15) is 20.0 Å². The first-order chi connectivity index (χ1) is 9.54. The van der Waals surface area contributed by atoms with Crippen LogP contribution >= 0.6 is 11.6 Å². The van der Waals surface area contributed by atoms with Gasteiger partial charge < -0.3 is 10.4 Å². The Balaban J connectivity index is 3.12. The molecule has 0 saturated carbocycles. The molecular formula is C14H19ClN2O4. The standard InChI is InChI=1S/C14H19ClN2O4/c1-8(14(2,3)4)7-16-12-10(13(18)19)5-9(17(20)21)6-11(12)15/h5-6,8,16H,7H2,1-4H3,(H,18,19). The van der Waals surface area contributed by atoms with Crippen molar-refractivity contribution in [3.63, 3.8) is 0 Å². The fourth-order valence-electron chi connectivity index (χ4n) is 1.61. The molecule has 0 spiro atoms. The molecule has 116 valence electrons. The summed E-state index contributed by atoms with van der Waals surface area (Å²) in [6, 6.07) is 2.16. The molecule has 0 radical (unpaired) electrons. The number of carboxylic acid groups (broad SMARTS) is 1. The summed E-state index contributed by atoms with van der Waals surface area (Å²) in [6.07, 6.45) is 0. The minimum Gasteiger partial charge on any atom is -0.478 e. The van der Waals surface area contributed by atoms with Crippen LogP contribution in [0.5, 0.6) is 0 Å². The van der Waals surface area contributed by atoms with Crippen LogP contribution in [0.25, 0.3) is 0 Å². The van der Waals surface area contributed by atoms with Crippen LogP contribution in [-0.4, -0.2) is 22.5 Å². The van der Waals surface area contributed by atoms with Gasteiger partial charge in [0.05, 0.1) is 21.2 Å². The minimum atomic E-state index is -1.26. The first-order valence-corrected chi connectivity index (χ1v) is 6.87. The van der Waals surface area contributed by atoms with Crippen molar-refractivity contribution in [1.82, 2.24) is 0 Å². The van der Waals surface area contributed by atoms with Crippen molar-refractivity contribution in [3.05, 3.63) is 32.8 Å². The van der Waals surface area contributed by atoms with E-state index in [1.165, 1.54) is 0 Å². The molecule has 1 unspecified atom stereocenters. The number of benzene rings is 1. The van der Waals surface area contributed by atoms with E-state index in [1.807, 2.05) is 6.92 Å². The molecule has 0 fully saturated rings. The van der Waals surface area contributed by atoms with Crippen LogP contribution in [0.3, 0.4) is 0 Å². The smallest absolute Gasteiger partial charge is 0.338 e. The predicted octanol–water partition coefficient (Wildman–Crippen LogP) is 4.04. The van der Waals surface area contributed by atoms with E-state index in [1.54, 1.807) is 0 Å². The van der Waals surface area contributed by atoms with Crippen molar-refractivity contribution in [2.45, 2.75) is 27.7 Å². The lowest BCUT2D eigenvalue weighted by Gasteiger charge is -2.28. The number of nitrogens with zero attached hydrogens (tertiary/aromatic N) is 1. The summed E-state index contributed by atoms with van der Waals surface area (Å²) in [5.74, 6) is -1.00. The number of hydrogen-bond acceptors (Lipinski definition) is 4. The van der Waals surface area contributed by atoms with Crippen LogP contribution < -0.4 is 5.32 Å². The van der Waals surface area contributed by atoms with Gasteiger partial charge in [0.1, 0.15) is 0 Å². The predicted molar refractivity (Wildman–Crippen MR) is 82.2 cm³/mol. The molecular weight excluding hydrogens is 296 g/mol. The van der Waals surface area contributed by atoms with E-state index >= 15 is 0 Å². The van der Waals surface area contributed by atoms with Crippen molar-refractivity contribution in [2.24, 2.45) is 11.3 Å². The highest BCUT2D eigenvalue weighted by Gasteiger charge is 2.23. The maximum Gasteiger partial charge on any atom is 0.338 e. The highest BCUT2D eigenvalue weighted by Crippen LogP contribution is 2.33. The Labute approximate surface area is 128 Å². The van der Waals surface area contributed by atoms with E-state index in [4.69, 9.17) is 11.6 Å². The molecule has 0 aliphatic rings. The molecule has 1 aromatic carbocycles. The number of nitrogens with one attached hydrogen (secondary N) is 1. The lowest BCUT2D eigenvalue weighted by atomic mass is 9.82. The number of nitro benzene ring substituents is 1. The van der Waals surface area contributed by atoms with Gasteiger partial charge in [-0.1, -0.05) is 39.3 Å². The van der Waals surface area contributed by atoms with E-state index < -0.39 is 10.9 Å². The molecule has 21 heavy (non-hydrogen) atoms. The third kappa shape index (κ3) is 4.32. The normalized spacial score (nSPS) is 12.8. The first-order valence-electron chi connectivity index (χ1n) is 6.49. The molecule has 0 heterocycles. The topological polar surface area (TPSA) is 92.5 Å². The third-order valence-electron chi connectivity index (χ3n) is 3.58. The second-order valence-electron chi connectivity index (χ2n) is 6.06. The molecule has 2 N–H and O–H groups in total. The van der Waals surface area contributed by atoms with Gasteiger partial charge in [-0.05, 0) is 11.3 Å². The Bertz CT molecular complexity index is 567. The van der Waals surface area contributed by atoms with Gasteiger partial charge >= 0.3 is 5.97 Å². The van der Waals surface area contributed by atoms with Crippen LogP contribution in [0.2, 0.25) is 5.02 Å². The van der Waals surface area contributed by atoms with Crippen molar-refractivity contribution in [2.75, 3.05) is 11.9 Å². The summed E-state index contributed by atoms with van der Waals surface area (Å²) >= 11 is 5.99. The van der Waals surface area contributed by atoms with Crippen LogP contribution in [0.4, 0.5) is 11.4 Å². The Kier molecular flexibility index (Phi) is 5.17. The fourth-order valence-corrected chi connectivity index (χ4v) is 1.89. The Morgan fingerprint density at radius 3 is 2.48 bits per heavy atom. The molecule has 0 amide bonds.